The molecule has 0 radical (unpaired) electrons. The van der Waals surface area contributed by atoms with Crippen LogP contribution in [0.5, 0.6) is 0 Å². The van der Waals surface area contributed by atoms with Crippen molar-refractivity contribution < 1.29 is 4.79 Å². The molecule has 2 aliphatic carbocycles. The molecule has 36 heavy (non-hydrogen) atoms. The van der Waals surface area contributed by atoms with Crippen LogP contribution < -0.4 is 0 Å². The third-order valence-electron chi connectivity index (χ3n) is 7.99. The van der Waals surface area contributed by atoms with Crippen molar-refractivity contribution in [2.24, 2.45) is 11.8 Å². The van der Waals surface area contributed by atoms with Crippen molar-refractivity contribution in [2.75, 3.05) is 0 Å². The summed E-state index contributed by atoms with van der Waals surface area (Å²) in [7, 11) is 0. The topological polar surface area (TPSA) is 71.6 Å². The van der Waals surface area contributed by atoms with E-state index in [2.05, 4.69) is 54.4 Å². The Bertz CT molecular complexity index is 1530. The van der Waals surface area contributed by atoms with Crippen LogP contribution >= 0.6 is 0 Å². The van der Waals surface area contributed by atoms with Crippen molar-refractivity contribution in [1.29, 1.82) is 5.26 Å². The minimum atomic E-state index is -0.484. The van der Waals surface area contributed by atoms with Crippen molar-refractivity contribution in [3.05, 3.63) is 102 Å². The first-order valence-electron chi connectivity index (χ1n) is 12.4. The van der Waals surface area contributed by atoms with Gasteiger partial charge in [-0.05, 0) is 54.2 Å². The number of aromatic nitrogens is 3. The largest absolute Gasteiger partial charge is 0.293 e. The third-order valence-corrected chi connectivity index (χ3v) is 7.99. The van der Waals surface area contributed by atoms with Crippen LogP contribution in [0.2, 0.25) is 0 Å². The first kappa shape index (κ1) is 22.2. The Morgan fingerprint density at radius 3 is 2.36 bits per heavy atom. The van der Waals surface area contributed by atoms with E-state index in [1.807, 2.05) is 48.0 Å². The molecule has 4 aromatic rings. The zero-order chi connectivity index (χ0) is 24.9. The Morgan fingerprint density at radius 2 is 1.67 bits per heavy atom. The zero-order valence-electron chi connectivity index (χ0n) is 20.3. The highest BCUT2D eigenvalue weighted by Gasteiger charge is 2.50. The van der Waals surface area contributed by atoms with E-state index in [-0.39, 0.29) is 23.2 Å². The minimum absolute atomic E-state index is 0.0453. The van der Waals surface area contributed by atoms with E-state index in [0.29, 0.717) is 0 Å². The third kappa shape index (κ3) is 3.33. The molecule has 0 fully saturated rings. The molecule has 0 saturated heterocycles. The van der Waals surface area contributed by atoms with Crippen LogP contribution in [0.3, 0.4) is 0 Å². The van der Waals surface area contributed by atoms with Crippen molar-refractivity contribution in [3.8, 4) is 34.1 Å². The molecule has 6 rings (SSSR count). The lowest BCUT2D eigenvalue weighted by Crippen LogP contribution is -2.46. The second-order valence-corrected chi connectivity index (χ2v) is 9.99. The number of ketones is 1. The summed E-state index contributed by atoms with van der Waals surface area (Å²) < 4.78 is 2.04. The quantitative estimate of drug-likeness (QED) is 0.363. The maximum absolute atomic E-state index is 12.9. The molecular formula is C31H26N4O. The van der Waals surface area contributed by atoms with Gasteiger partial charge in [-0.2, -0.15) is 10.4 Å². The normalized spacial score (nSPS) is 22.8. The highest BCUT2D eigenvalue weighted by atomic mass is 16.1. The summed E-state index contributed by atoms with van der Waals surface area (Å²) in [5.74, 6) is -0.147. The van der Waals surface area contributed by atoms with Gasteiger partial charge in [0.05, 0.1) is 22.6 Å². The highest BCUT2D eigenvalue weighted by molar-refractivity contribution is 6.02. The maximum Gasteiger partial charge on any atom is 0.176 e. The van der Waals surface area contributed by atoms with Crippen molar-refractivity contribution in [3.63, 3.8) is 0 Å². The second kappa shape index (κ2) is 8.42. The number of nitriles is 1. The molecule has 176 valence electrons. The van der Waals surface area contributed by atoms with Crippen LogP contribution in [0, 0.1) is 23.2 Å². The molecular weight excluding hydrogens is 444 g/mol. The number of hydrogen-bond acceptors (Lipinski definition) is 4. The summed E-state index contributed by atoms with van der Waals surface area (Å²) in [6.45, 7) is 4.14. The van der Waals surface area contributed by atoms with Crippen LogP contribution in [-0.4, -0.2) is 20.5 Å². The van der Waals surface area contributed by atoms with Crippen LogP contribution in [0.1, 0.15) is 31.5 Å². The van der Waals surface area contributed by atoms with Crippen molar-refractivity contribution >= 4 is 5.78 Å². The zero-order valence-corrected chi connectivity index (χ0v) is 20.3. The van der Waals surface area contributed by atoms with Gasteiger partial charge in [0.15, 0.2) is 5.78 Å². The molecule has 0 saturated carbocycles. The number of Topliss-reactive ketones (excluding diaryl/α,β-unsaturated/α-hetero) is 1. The fourth-order valence-corrected chi connectivity index (χ4v) is 6.20. The maximum atomic E-state index is 12.9. The first-order chi connectivity index (χ1) is 17.5. The predicted molar refractivity (Wildman–Crippen MR) is 139 cm³/mol. The SMILES string of the molecule is C[C@H]1C(=O)C(C#N)=C[C@@]2(C)c3c(c(-c4ccncc4)nn3-c3ccc(-c4ccccc4)cc3)CC[C@H]12. The first-order valence-corrected chi connectivity index (χ1v) is 12.4. The number of carbonyl (C=O) groups excluding carboxylic acids is 1. The van der Waals surface area contributed by atoms with Crippen molar-refractivity contribution in [2.45, 2.75) is 32.1 Å². The summed E-state index contributed by atoms with van der Waals surface area (Å²) in [5, 5.41) is 14.9. The Kier molecular flexibility index (Phi) is 5.19. The van der Waals surface area contributed by atoms with Gasteiger partial charge in [-0.1, -0.05) is 62.4 Å². The fraction of sp³-hybridized carbons (Fsp3) is 0.226. The lowest BCUT2D eigenvalue weighted by molar-refractivity contribution is -0.121. The van der Waals surface area contributed by atoms with Gasteiger partial charge in [0, 0.05) is 34.9 Å². The number of hydrogen-bond donors (Lipinski definition) is 0. The van der Waals surface area contributed by atoms with Gasteiger partial charge >= 0.3 is 0 Å². The molecule has 2 aromatic carbocycles. The van der Waals surface area contributed by atoms with E-state index in [1.54, 1.807) is 12.4 Å². The minimum Gasteiger partial charge on any atom is -0.293 e. The van der Waals surface area contributed by atoms with Gasteiger partial charge in [0.1, 0.15) is 6.07 Å². The molecule has 2 aliphatic rings. The van der Waals surface area contributed by atoms with Gasteiger partial charge in [-0.3, -0.25) is 9.78 Å². The fourth-order valence-electron chi connectivity index (χ4n) is 6.20. The molecule has 0 N–H and O–H groups in total. The molecule has 0 unspecified atom stereocenters. The second-order valence-electron chi connectivity index (χ2n) is 9.99. The Balaban J connectivity index is 1.57. The number of carbonyl (C=O) groups is 1. The average molecular weight is 471 g/mol. The summed E-state index contributed by atoms with van der Waals surface area (Å²) in [5.41, 5.74) is 7.26. The number of allylic oxidation sites excluding steroid dienone is 2. The summed E-state index contributed by atoms with van der Waals surface area (Å²) in [4.78, 5) is 17.1. The number of rotatable bonds is 3. The van der Waals surface area contributed by atoms with Crippen molar-refractivity contribution in [1.82, 2.24) is 14.8 Å². The monoisotopic (exact) mass is 470 g/mol. The van der Waals surface area contributed by atoms with Gasteiger partial charge in [-0.15, -0.1) is 0 Å². The van der Waals surface area contributed by atoms with Gasteiger partial charge in [0.25, 0.3) is 0 Å². The van der Waals surface area contributed by atoms with E-state index in [9.17, 15) is 10.1 Å². The lowest BCUT2D eigenvalue weighted by atomic mass is 9.57. The van der Waals surface area contributed by atoms with Crippen LogP contribution in [0.4, 0.5) is 0 Å². The molecule has 0 amide bonds. The van der Waals surface area contributed by atoms with E-state index >= 15 is 0 Å². The molecule has 0 spiro atoms. The number of pyridine rings is 1. The highest BCUT2D eigenvalue weighted by Crippen LogP contribution is 2.52. The molecule has 0 bridgehead atoms. The molecule has 5 nitrogen and oxygen atoms in total. The molecule has 2 aromatic heterocycles. The Labute approximate surface area is 210 Å². The Morgan fingerprint density at radius 1 is 0.972 bits per heavy atom. The molecule has 3 atom stereocenters. The van der Waals surface area contributed by atoms with Crippen LogP contribution in [0.15, 0.2) is 90.8 Å². The van der Waals surface area contributed by atoms with E-state index < -0.39 is 5.41 Å². The number of benzene rings is 2. The average Bonchev–Trinajstić information content (AvgIpc) is 3.33. The summed E-state index contributed by atoms with van der Waals surface area (Å²) in [6, 6.07) is 24.9. The van der Waals surface area contributed by atoms with E-state index in [0.717, 1.165) is 46.6 Å². The lowest BCUT2D eigenvalue weighted by Gasteiger charge is -2.45. The predicted octanol–water partition coefficient (Wildman–Crippen LogP) is 6.09. The van der Waals surface area contributed by atoms with Crippen LogP contribution in [-0.2, 0) is 16.6 Å². The summed E-state index contributed by atoms with van der Waals surface area (Å²) in [6.07, 6.45) is 7.20. The number of nitrogens with zero attached hydrogens (tertiary/aromatic N) is 4. The van der Waals surface area contributed by atoms with E-state index in [1.165, 1.54) is 5.56 Å². The van der Waals surface area contributed by atoms with Gasteiger partial charge in [-0.25, -0.2) is 4.68 Å². The smallest absolute Gasteiger partial charge is 0.176 e. The summed E-state index contributed by atoms with van der Waals surface area (Å²) >= 11 is 0. The molecule has 2 heterocycles. The van der Waals surface area contributed by atoms with E-state index in [4.69, 9.17) is 5.10 Å². The molecule has 5 heteroatoms. The van der Waals surface area contributed by atoms with Crippen LogP contribution in [0.25, 0.3) is 28.1 Å². The number of fused-ring (bicyclic) bond motifs is 3. The Hall–Kier alpha value is -4.30. The van der Waals surface area contributed by atoms with Gasteiger partial charge in [0.2, 0.25) is 0 Å². The van der Waals surface area contributed by atoms with Gasteiger partial charge < -0.3 is 0 Å². The molecule has 0 aliphatic heterocycles. The standard InChI is InChI=1S/C31H26N4O/c1-20-27-13-12-26-28(23-14-16-33-17-15-23)34-35(30(26)31(27,2)18-24(19-32)29(20)36)25-10-8-22(9-11-25)21-6-4-3-5-7-21/h3-11,14-18,20,27H,12-13H2,1-2H3/t20-,27-,31-/m1/s1.